The summed E-state index contributed by atoms with van der Waals surface area (Å²) in [6.07, 6.45) is 0.258. The summed E-state index contributed by atoms with van der Waals surface area (Å²) in [6, 6.07) is 5.30. The fourth-order valence-electron chi connectivity index (χ4n) is 2.12. The number of H-pyrrole nitrogens is 1. The highest BCUT2D eigenvalue weighted by atomic mass is 35.5. The van der Waals surface area contributed by atoms with Crippen LogP contribution in [-0.2, 0) is 11.2 Å². The molecule has 0 saturated carbocycles. The van der Waals surface area contributed by atoms with E-state index in [-0.39, 0.29) is 30.2 Å². The number of carbonyl (C=O) groups excluding carboxylic acids is 1. The molecule has 3 N–H and O–H groups in total. The van der Waals surface area contributed by atoms with Crippen molar-refractivity contribution >= 4 is 35.0 Å². The van der Waals surface area contributed by atoms with Crippen molar-refractivity contribution in [1.29, 1.82) is 0 Å². The van der Waals surface area contributed by atoms with E-state index in [0.29, 0.717) is 27.1 Å². The van der Waals surface area contributed by atoms with Gasteiger partial charge in [0.15, 0.2) is 5.16 Å². The Morgan fingerprint density at radius 1 is 1.42 bits per heavy atom. The number of thioether (sulfide) groups is 1. The van der Waals surface area contributed by atoms with Crippen LogP contribution in [0.2, 0.25) is 5.02 Å². The molecule has 0 aliphatic carbocycles. The number of aliphatic hydroxyl groups is 1. The number of rotatable bonds is 6. The highest BCUT2D eigenvalue weighted by Crippen LogP contribution is 2.23. The quantitative estimate of drug-likeness (QED) is 0.538. The van der Waals surface area contributed by atoms with E-state index in [1.54, 1.807) is 25.1 Å². The average Bonchev–Trinajstić information content (AvgIpc) is 2.53. The molecule has 0 aliphatic heterocycles. The molecular formula is C16H18ClN3O3S. The maximum Gasteiger partial charge on any atom is 0.255 e. The van der Waals surface area contributed by atoms with Gasteiger partial charge < -0.3 is 15.4 Å². The number of nitrogens with zero attached hydrogens (tertiary/aromatic N) is 1. The summed E-state index contributed by atoms with van der Waals surface area (Å²) < 4.78 is 0. The number of halogens is 1. The maximum atomic E-state index is 12.1. The highest BCUT2D eigenvalue weighted by molar-refractivity contribution is 7.99. The second kappa shape index (κ2) is 8.32. The zero-order valence-electron chi connectivity index (χ0n) is 13.4. The maximum absolute atomic E-state index is 12.1. The number of benzene rings is 1. The third-order valence-electron chi connectivity index (χ3n) is 3.44. The van der Waals surface area contributed by atoms with Crippen LogP contribution in [0.15, 0.2) is 28.2 Å². The molecule has 24 heavy (non-hydrogen) atoms. The number of aromatic nitrogens is 2. The van der Waals surface area contributed by atoms with Crippen LogP contribution in [0.5, 0.6) is 0 Å². The van der Waals surface area contributed by atoms with E-state index < -0.39 is 0 Å². The van der Waals surface area contributed by atoms with Crippen molar-refractivity contribution in [3.63, 3.8) is 0 Å². The van der Waals surface area contributed by atoms with Crippen molar-refractivity contribution in [2.75, 3.05) is 17.7 Å². The van der Waals surface area contributed by atoms with Gasteiger partial charge in [0, 0.05) is 35.0 Å². The fraction of sp³-hybridized carbons (Fsp3) is 0.312. The first-order valence-electron chi connectivity index (χ1n) is 7.30. The van der Waals surface area contributed by atoms with E-state index >= 15 is 0 Å². The monoisotopic (exact) mass is 367 g/mol. The number of anilines is 1. The van der Waals surface area contributed by atoms with Gasteiger partial charge in [-0.1, -0.05) is 29.4 Å². The van der Waals surface area contributed by atoms with Crippen molar-refractivity contribution in [3.8, 4) is 0 Å². The summed E-state index contributed by atoms with van der Waals surface area (Å²) in [5, 5.41) is 12.7. The molecule has 128 valence electrons. The van der Waals surface area contributed by atoms with Gasteiger partial charge in [-0.2, -0.15) is 0 Å². The van der Waals surface area contributed by atoms with Crippen LogP contribution in [0.4, 0.5) is 5.69 Å². The number of aryl methyl sites for hydroxylation is 1. The molecule has 6 nitrogen and oxygen atoms in total. The minimum atomic E-state index is -0.287. The number of nitrogens with one attached hydrogen (secondary N) is 2. The summed E-state index contributed by atoms with van der Waals surface area (Å²) >= 11 is 7.16. The minimum Gasteiger partial charge on any atom is -0.396 e. The topological polar surface area (TPSA) is 95.1 Å². The fourth-order valence-corrected chi connectivity index (χ4v) is 3.00. The average molecular weight is 368 g/mol. The highest BCUT2D eigenvalue weighted by Gasteiger charge is 2.11. The van der Waals surface area contributed by atoms with Gasteiger partial charge >= 0.3 is 0 Å². The summed E-state index contributed by atoms with van der Waals surface area (Å²) in [4.78, 5) is 30.9. The summed E-state index contributed by atoms with van der Waals surface area (Å²) in [5.74, 6) is -0.113. The lowest BCUT2D eigenvalue weighted by Gasteiger charge is -2.09. The smallest absolute Gasteiger partial charge is 0.255 e. The van der Waals surface area contributed by atoms with Crippen LogP contribution in [0.25, 0.3) is 0 Å². The van der Waals surface area contributed by atoms with Gasteiger partial charge in [-0.15, -0.1) is 0 Å². The molecule has 0 aliphatic rings. The predicted octanol–water partition coefficient (Wildman–Crippen LogP) is 2.31. The van der Waals surface area contributed by atoms with Crippen molar-refractivity contribution in [1.82, 2.24) is 9.97 Å². The van der Waals surface area contributed by atoms with Gasteiger partial charge in [0.25, 0.3) is 5.56 Å². The zero-order valence-corrected chi connectivity index (χ0v) is 14.9. The van der Waals surface area contributed by atoms with E-state index in [2.05, 4.69) is 15.3 Å². The van der Waals surface area contributed by atoms with Crippen molar-refractivity contribution < 1.29 is 9.90 Å². The lowest BCUT2D eigenvalue weighted by atomic mass is 10.2. The number of aromatic amines is 1. The minimum absolute atomic E-state index is 0.105. The van der Waals surface area contributed by atoms with Crippen LogP contribution in [-0.4, -0.2) is 33.3 Å². The summed E-state index contributed by atoms with van der Waals surface area (Å²) in [5.41, 5.74) is 2.18. The molecule has 0 unspecified atom stereocenters. The number of carbonyl (C=O) groups is 1. The Hall–Kier alpha value is -1.83. The summed E-state index contributed by atoms with van der Waals surface area (Å²) in [6.45, 7) is 3.42. The van der Waals surface area contributed by atoms with E-state index in [9.17, 15) is 9.59 Å². The molecule has 0 radical (unpaired) electrons. The van der Waals surface area contributed by atoms with Gasteiger partial charge in [0.05, 0.1) is 5.75 Å². The van der Waals surface area contributed by atoms with E-state index in [1.807, 2.05) is 6.92 Å². The Balaban J connectivity index is 2.02. The van der Waals surface area contributed by atoms with Crippen molar-refractivity contribution in [2.45, 2.75) is 25.4 Å². The van der Waals surface area contributed by atoms with Crippen LogP contribution in [0.1, 0.15) is 16.8 Å². The second-order valence-corrected chi connectivity index (χ2v) is 6.53. The molecule has 2 rings (SSSR count). The van der Waals surface area contributed by atoms with Gasteiger partial charge in [-0.05, 0) is 31.5 Å². The van der Waals surface area contributed by atoms with E-state index in [1.165, 1.54) is 0 Å². The van der Waals surface area contributed by atoms with Crippen LogP contribution >= 0.6 is 23.4 Å². The third kappa shape index (κ3) is 4.59. The van der Waals surface area contributed by atoms with Gasteiger partial charge in [-0.25, -0.2) is 4.98 Å². The second-order valence-electron chi connectivity index (χ2n) is 5.16. The Morgan fingerprint density at radius 3 is 2.83 bits per heavy atom. The molecule has 0 atom stereocenters. The number of hydrogen-bond donors (Lipinski definition) is 3. The Labute approximate surface area is 148 Å². The van der Waals surface area contributed by atoms with Crippen molar-refractivity contribution in [3.05, 3.63) is 50.4 Å². The molecule has 2 aromatic rings. The Bertz CT molecular complexity index is 808. The molecular weight excluding hydrogens is 350 g/mol. The molecule has 0 fully saturated rings. The first-order chi connectivity index (χ1) is 11.4. The Kier molecular flexibility index (Phi) is 6.42. The van der Waals surface area contributed by atoms with Gasteiger partial charge in [0.1, 0.15) is 0 Å². The lowest BCUT2D eigenvalue weighted by Crippen LogP contribution is -2.19. The first kappa shape index (κ1) is 18.5. The molecule has 0 saturated heterocycles. The van der Waals surface area contributed by atoms with Crippen molar-refractivity contribution in [2.24, 2.45) is 0 Å². The predicted molar refractivity (Wildman–Crippen MR) is 95.9 cm³/mol. The standard InChI is InChI=1S/C16H18ClN3O3S/c1-9-12(17)4-3-5-13(9)19-14(22)8-24-16-18-10(2)11(6-7-21)15(23)20-16/h3-5,21H,6-8H2,1-2H3,(H,19,22)(H,18,20,23). The Morgan fingerprint density at radius 2 is 2.17 bits per heavy atom. The molecule has 1 amide bonds. The largest absolute Gasteiger partial charge is 0.396 e. The number of hydrogen-bond acceptors (Lipinski definition) is 5. The first-order valence-corrected chi connectivity index (χ1v) is 8.67. The zero-order chi connectivity index (χ0) is 17.7. The van der Waals surface area contributed by atoms with E-state index in [0.717, 1.165) is 17.3 Å². The molecule has 0 spiro atoms. The molecule has 8 heteroatoms. The lowest BCUT2D eigenvalue weighted by molar-refractivity contribution is -0.113. The van der Waals surface area contributed by atoms with Gasteiger partial charge in [0.2, 0.25) is 5.91 Å². The van der Waals surface area contributed by atoms with Crippen LogP contribution in [0, 0.1) is 13.8 Å². The summed E-state index contributed by atoms with van der Waals surface area (Å²) in [7, 11) is 0. The van der Waals surface area contributed by atoms with Crippen LogP contribution in [0.3, 0.4) is 0 Å². The number of aliphatic hydroxyl groups excluding tert-OH is 1. The number of amides is 1. The molecule has 1 aromatic carbocycles. The molecule has 1 heterocycles. The normalized spacial score (nSPS) is 10.7. The molecule has 1 aromatic heterocycles. The van der Waals surface area contributed by atoms with E-state index in [4.69, 9.17) is 16.7 Å². The third-order valence-corrected chi connectivity index (χ3v) is 4.73. The SMILES string of the molecule is Cc1nc(SCC(=O)Nc2cccc(Cl)c2C)[nH]c(=O)c1CCO. The van der Waals surface area contributed by atoms with Crippen LogP contribution < -0.4 is 10.9 Å². The van der Waals surface area contributed by atoms with Gasteiger partial charge in [-0.3, -0.25) is 9.59 Å². The molecule has 0 bridgehead atoms.